The lowest BCUT2D eigenvalue weighted by Gasteiger charge is -2.17. The Balaban J connectivity index is 2.23. The zero-order valence-corrected chi connectivity index (χ0v) is 12.6. The predicted molar refractivity (Wildman–Crippen MR) is 83.0 cm³/mol. The summed E-state index contributed by atoms with van der Waals surface area (Å²) in [5.74, 6) is -0.0463. The van der Waals surface area contributed by atoms with E-state index < -0.39 is 0 Å². The normalized spacial score (nSPS) is 11.9. The molecule has 0 saturated carbocycles. The zero-order valence-electron chi connectivity index (χ0n) is 11.8. The molecule has 0 aliphatic heterocycles. The standard InChI is InChI=1S/C14H18N4OS/c1-9(13-16-6-7-20-13)17-12-8-10(4-5-11(12)15)14(19)18(2)3/h4-9,17H,15H2,1-3H3. The summed E-state index contributed by atoms with van der Waals surface area (Å²) in [5, 5.41) is 6.21. The van der Waals surface area contributed by atoms with Crippen LogP contribution in [-0.4, -0.2) is 29.9 Å². The van der Waals surface area contributed by atoms with Crippen LogP contribution >= 0.6 is 11.3 Å². The molecule has 1 aromatic heterocycles. The van der Waals surface area contributed by atoms with Gasteiger partial charge in [0.05, 0.1) is 17.4 Å². The Morgan fingerprint density at radius 1 is 1.45 bits per heavy atom. The van der Waals surface area contributed by atoms with Crippen molar-refractivity contribution >= 4 is 28.6 Å². The first kappa shape index (κ1) is 14.3. The van der Waals surface area contributed by atoms with Gasteiger partial charge in [0.1, 0.15) is 5.01 Å². The molecule has 0 fully saturated rings. The Kier molecular flexibility index (Phi) is 4.24. The Bertz CT molecular complexity index is 595. The van der Waals surface area contributed by atoms with Gasteiger partial charge in [0.15, 0.2) is 0 Å². The van der Waals surface area contributed by atoms with Crippen LogP contribution in [0.5, 0.6) is 0 Å². The molecule has 0 bridgehead atoms. The number of benzene rings is 1. The molecule has 6 heteroatoms. The number of hydrogen-bond acceptors (Lipinski definition) is 5. The summed E-state index contributed by atoms with van der Waals surface area (Å²) in [6.07, 6.45) is 1.77. The third-order valence-electron chi connectivity index (χ3n) is 2.90. The second kappa shape index (κ2) is 5.92. The van der Waals surface area contributed by atoms with Gasteiger partial charge >= 0.3 is 0 Å². The quantitative estimate of drug-likeness (QED) is 0.849. The minimum absolute atomic E-state index is 0.0435. The van der Waals surface area contributed by atoms with Crippen molar-refractivity contribution in [3.8, 4) is 0 Å². The van der Waals surface area contributed by atoms with E-state index in [-0.39, 0.29) is 11.9 Å². The zero-order chi connectivity index (χ0) is 14.7. The highest BCUT2D eigenvalue weighted by atomic mass is 32.1. The van der Waals surface area contributed by atoms with Crippen molar-refractivity contribution in [2.75, 3.05) is 25.1 Å². The fourth-order valence-electron chi connectivity index (χ4n) is 1.82. The lowest BCUT2D eigenvalue weighted by molar-refractivity contribution is 0.0827. The Morgan fingerprint density at radius 3 is 2.80 bits per heavy atom. The number of amides is 1. The van der Waals surface area contributed by atoms with E-state index in [1.54, 1.807) is 54.7 Å². The minimum atomic E-state index is -0.0463. The van der Waals surface area contributed by atoms with Gasteiger partial charge < -0.3 is 16.0 Å². The molecule has 1 amide bonds. The number of carbonyl (C=O) groups is 1. The van der Waals surface area contributed by atoms with Crippen molar-refractivity contribution in [1.29, 1.82) is 0 Å². The van der Waals surface area contributed by atoms with E-state index in [9.17, 15) is 4.79 Å². The number of anilines is 2. The van der Waals surface area contributed by atoms with Crippen LogP contribution in [-0.2, 0) is 0 Å². The van der Waals surface area contributed by atoms with E-state index in [0.717, 1.165) is 10.7 Å². The highest BCUT2D eigenvalue weighted by molar-refractivity contribution is 7.09. The van der Waals surface area contributed by atoms with Crippen LogP contribution in [0.25, 0.3) is 0 Å². The number of rotatable bonds is 4. The maximum atomic E-state index is 12.0. The Hall–Kier alpha value is -2.08. The van der Waals surface area contributed by atoms with Crippen molar-refractivity contribution in [1.82, 2.24) is 9.88 Å². The molecule has 0 spiro atoms. The molecule has 1 aromatic carbocycles. The highest BCUT2D eigenvalue weighted by Gasteiger charge is 2.13. The van der Waals surface area contributed by atoms with Crippen molar-refractivity contribution in [3.05, 3.63) is 40.3 Å². The van der Waals surface area contributed by atoms with Gasteiger partial charge in [-0.2, -0.15) is 0 Å². The van der Waals surface area contributed by atoms with Crippen molar-refractivity contribution in [3.63, 3.8) is 0 Å². The van der Waals surface area contributed by atoms with Crippen LogP contribution in [0.2, 0.25) is 0 Å². The predicted octanol–water partition coefficient (Wildman–Crippen LogP) is 2.60. The molecule has 20 heavy (non-hydrogen) atoms. The number of aromatic nitrogens is 1. The Labute approximate surface area is 122 Å². The molecule has 2 rings (SSSR count). The molecule has 0 saturated heterocycles. The molecule has 2 aromatic rings. The number of carbonyl (C=O) groups excluding carboxylic acids is 1. The summed E-state index contributed by atoms with van der Waals surface area (Å²) in [5.41, 5.74) is 7.94. The lowest BCUT2D eigenvalue weighted by Crippen LogP contribution is -2.22. The molecule has 1 heterocycles. The Morgan fingerprint density at radius 2 is 2.20 bits per heavy atom. The maximum absolute atomic E-state index is 12.0. The minimum Gasteiger partial charge on any atom is -0.397 e. The van der Waals surface area contributed by atoms with E-state index in [4.69, 9.17) is 5.73 Å². The fourth-order valence-corrected chi connectivity index (χ4v) is 2.46. The summed E-state index contributed by atoms with van der Waals surface area (Å²) < 4.78 is 0. The number of nitrogen functional groups attached to an aromatic ring is 1. The van der Waals surface area contributed by atoms with Crippen LogP contribution in [0, 0.1) is 0 Å². The second-order valence-electron chi connectivity index (χ2n) is 4.74. The molecule has 5 nitrogen and oxygen atoms in total. The summed E-state index contributed by atoms with van der Waals surface area (Å²) >= 11 is 1.58. The topological polar surface area (TPSA) is 71.2 Å². The largest absolute Gasteiger partial charge is 0.397 e. The van der Waals surface area contributed by atoms with E-state index >= 15 is 0 Å². The van der Waals surface area contributed by atoms with Crippen molar-refractivity contribution in [2.24, 2.45) is 0 Å². The highest BCUT2D eigenvalue weighted by Crippen LogP contribution is 2.26. The van der Waals surface area contributed by atoms with Gasteiger partial charge in [-0.3, -0.25) is 4.79 Å². The monoisotopic (exact) mass is 290 g/mol. The summed E-state index contributed by atoms with van der Waals surface area (Å²) in [6, 6.07) is 5.30. The smallest absolute Gasteiger partial charge is 0.253 e. The molecule has 0 radical (unpaired) electrons. The summed E-state index contributed by atoms with van der Waals surface area (Å²) in [6.45, 7) is 2.01. The summed E-state index contributed by atoms with van der Waals surface area (Å²) in [7, 11) is 3.45. The average Bonchev–Trinajstić information content (AvgIpc) is 2.94. The van der Waals surface area contributed by atoms with Crippen LogP contribution in [0.15, 0.2) is 29.8 Å². The molecule has 0 aliphatic rings. The molecule has 1 unspecified atom stereocenters. The molecular weight excluding hydrogens is 272 g/mol. The molecule has 106 valence electrons. The third kappa shape index (κ3) is 3.08. The number of hydrogen-bond donors (Lipinski definition) is 2. The second-order valence-corrected chi connectivity index (χ2v) is 5.66. The van der Waals surface area contributed by atoms with Crippen LogP contribution in [0.3, 0.4) is 0 Å². The van der Waals surface area contributed by atoms with Crippen LogP contribution in [0.4, 0.5) is 11.4 Å². The van der Waals surface area contributed by atoms with Gasteiger partial charge in [-0.25, -0.2) is 4.98 Å². The maximum Gasteiger partial charge on any atom is 0.253 e. The third-order valence-corrected chi connectivity index (χ3v) is 3.86. The van der Waals surface area contributed by atoms with Crippen LogP contribution in [0.1, 0.15) is 28.3 Å². The van der Waals surface area contributed by atoms with E-state index in [2.05, 4.69) is 10.3 Å². The molecule has 0 aliphatic carbocycles. The van der Waals surface area contributed by atoms with Gasteiger partial charge in [-0.1, -0.05) is 0 Å². The number of thiazole rings is 1. The first-order valence-corrected chi connectivity index (χ1v) is 7.14. The first-order chi connectivity index (χ1) is 9.49. The van der Waals surface area contributed by atoms with Crippen LogP contribution < -0.4 is 11.1 Å². The first-order valence-electron chi connectivity index (χ1n) is 6.26. The van der Waals surface area contributed by atoms with E-state index in [0.29, 0.717) is 11.3 Å². The summed E-state index contributed by atoms with van der Waals surface area (Å²) in [4.78, 5) is 17.8. The number of nitrogens with two attached hydrogens (primary N) is 1. The van der Waals surface area contributed by atoms with Crippen molar-refractivity contribution < 1.29 is 4.79 Å². The molecule has 3 N–H and O–H groups in total. The van der Waals surface area contributed by atoms with Gasteiger partial charge in [-0.15, -0.1) is 11.3 Å². The average molecular weight is 290 g/mol. The lowest BCUT2D eigenvalue weighted by atomic mass is 10.1. The SMILES string of the molecule is CC(Nc1cc(C(=O)N(C)C)ccc1N)c1nccs1. The molecule has 1 atom stereocenters. The number of nitrogens with zero attached hydrogens (tertiary/aromatic N) is 2. The van der Waals surface area contributed by atoms with E-state index in [1.165, 1.54) is 0 Å². The van der Waals surface area contributed by atoms with Crippen molar-refractivity contribution in [2.45, 2.75) is 13.0 Å². The molecular formula is C14H18N4OS. The van der Waals surface area contributed by atoms with Gasteiger partial charge in [-0.05, 0) is 25.1 Å². The van der Waals surface area contributed by atoms with Gasteiger partial charge in [0.2, 0.25) is 0 Å². The van der Waals surface area contributed by atoms with Gasteiger partial charge in [0, 0.05) is 31.2 Å². The fraction of sp³-hybridized carbons (Fsp3) is 0.286. The van der Waals surface area contributed by atoms with Gasteiger partial charge in [0.25, 0.3) is 5.91 Å². The number of nitrogens with one attached hydrogen (secondary N) is 1. The van der Waals surface area contributed by atoms with E-state index in [1.807, 2.05) is 12.3 Å².